The van der Waals surface area contributed by atoms with E-state index in [-0.39, 0.29) is 17.8 Å². The zero-order valence-corrected chi connectivity index (χ0v) is 16.8. The number of piperidine rings is 2. The molecule has 156 valence electrons. The van der Waals surface area contributed by atoms with Gasteiger partial charge in [0.15, 0.2) is 0 Å². The fourth-order valence-corrected chi connectivity index (χ4v) is 4.70. The number of benzene rings is 1. The third-order valence-corrected chi connectivity index (χ3v) is 6.38. The number of aromatic nitrogens is 4. The molecule has 0 radical (unpaired) electrons. The first-order chi connectivity index (χ1) is 14.6. The quantitative estimate of drug-likeness (QED) is 0.614. The number of nitrogens with one attached hydrogen (secondary N) is 2. The van der Waals surface area contributed by atoms with Crippen molar-refractivity contribution >= 4 is 5.82 Å². The minimum atomic E-state index is -0.924. The van der Waals surface area contributed by atoms with Gasteiger partial charge in [-0.1, -0.05) is 12.5 Å². The molecular weight excluding hydrogens is 383 g/mol. The molecule has 0 amide bonds. The first-order valence-electron chi connectivity index (χ1n) is 10.4. The predicted molar refractivity (Wildman–Crippen MR) is 113 cm³/mol. The average Bonchev–Trinajstić information content (AvgIpc) is 3.31. The molecule has 4 heterocycles. The van der Waals surface area contributed by atoms with Crippen molar-refractivity contribution in [2.45, 2.75) is 50.0 Å². The molecule has 0 saturated carbocycles. The molecule has 7 nitrogen and oxygen atoms in total. The normalized spacial score (nSPS) is 25.8. The SMILES string of the molecule is CN(c1cnc(-c2ccc(-c3ccn[nH]3)cc2O)cn1)[C@@H]1CC2CCC[C@H](N2)[C@@H]1F. The van der Waals surface area contributed by atoms with E-state index in [0.717, 1.165) is 36.9 Å². The highest BCUT2D eigenvalue weighted by molar-refractivity contribution is 5.72. The maximum absolute atomic E-state index is 15.0. The van der Waals surface area contributed by atoms with Crippen LogP contribution in [0.4, 0.5) is 10.2 Å². The number of aromatic hydroxyl groups is 1. The minimum absolute atomic E-state index is 0.0671. The van der Waals surface area contributed by atoms with Crippen LogP contribution in [0.2, 0.25) is 0 Å². The van der Waals surface area contributed by atoms with Crippen LogP contribution in [0.25, 0.3) is 22.5 Å². The smallest absolute Gasteiger partial charge is 0.147 e. The Morgan fingerprint density at radius 1 is 1.17 bits per heavy atom. The third kappa shape index (κ3) is 3.41. The van der Waals surface area contributed by atoms with E-state index in [1.165, 1.54) is 0 Å². The summed E-state index contributed by atoms with van der Waals surface area (Å²) in [7, 11) is 1.89. The van der Waals surface area contributed by atoms with Crippen molar-refractivity contribution in [1.29, 1.82) is 0 Å². The van der Waals surface area contributed by atoms with Crippen molar-refractivity contribution < 1.29 is 9.50 Å². The number of hydrogen-bond acceptors (Lipinski definition) is 6. The Morgan fingerprint density at radius 2 is 2.07 bits per heavy atom. The minimum Gasteiger partial charge on any atom is -0.507 e. The van der Waals surface area contributed by atoms with Crippen LogP contribution >= 0.6 is 0 Å². The molecule has 30 heavy (non-hydrogen) atoms. The summed E-state index contributed by atoms with van der Waals surface area (Å²) < 4.78 is 15.0. The molecule has 2 aromatic heterocycles. The van der Waals surface area contributed by atoms with Crippen LogP contribution in [0.1, 0.15) is 25.7 Å². The van der Waals surface area contributed by atoms with Crippen LogP contribution in [0.3, 0.4) is 0 Å². The maximum Gasteiger partial charge on any atom is 0.147 e. The summed E-state index contributed by atoms with van der Waals surface area (Å²) in [6, 6.07) is 7.32. The van der Waals surface area contributed by atoms with Gasteiger partial charge in [-0.25, -0.2) is 9.37 Å². The summed E-state index contributed by atoms with van der Waals surface area (Å²) >= 11 is 0. The van der Waals surface area contributed by atoms with E-state index >= 15 is 4.39 Å². The van der Waals surface area contributed by atoms with E-state index < -0.39 is 6.17 Å². The highest BCUT2D eigenvalue weighted by atomic mass is 19.1. The van der Waals surface area contributed by atoms with Crippen molar-refractivity contribution in [3.63, 3.8) is 0 Å². The fourth-order valence-electron chi connectivity index (χ4n) is 4.70. The van der Waals surface area contributed by atoms with Crippen LogP contribution in [-0.4, -0.2) is 56.6 Å². The van der Waals surface area contributed by atoms with Crippen molar-refractivity contribution in [1.82, 2.24) is 25.5 Å². The van der Waals surface area contributed by atoms with Gasteiger partial charge in [0, 0.05) is 36.5 Å². The standard InChI is InChI=1S/C22H25FN6O/c1-29(19-10-14-3-2-4-17(27-14)22(19)23)21-12-24-18(11-25-21)15-6-5-13(9-20(15)30)16-7-8-26-28-16/h5-9,11-12,14,17,19,22,27,30H,2-4,10H2,1H3,(H,26,28)/t14?,17-,19+,22-/m0/s1. The molecule has 1 aromatic carbocycles. The van der Waals surface area contributed by atoms with Gasteiger partial charge in [0.25, 0.3) is 0 Å². The second-order valence-electron chi connectivity index (χ2n) is 8.22. The summed E-state index contributed by atoms with van der Waals surface area (Å²) in [5, 5.41) is 20.7. The lowest BCUT2D eigenvalue weighted by Gasteiger charge is -2.46. The van der Waals surface area contributed by atoms with Gasteiger partial charge < -0.3 is 15.3 Å². The zero-order valence-electron chi connectivity index (χ0n) is 16.8. The Balaban J connectivity index is 1.35. The molecule has 2 aliphatic heterocycles. The number of anilines is 1. The van der Waals surface area contributed by atoms with Gasteiger partial charge >= 0.3 is 0 Å². The largest absolute Gasteiger partial charge is 0.507 e. The molecule has 2 aliphatic rings. The van der Waals surface area contributed by atoms with E-state index in [1.54, 1.807) is 24.7 Å². The molecule has 2 bridgehead atoms. The summed E-state index contributed by atoms with van der Waals surface area (Å²) in [5.41, 5.74) is 2.83. The Bertz CT molecular complexity index is 1010. The number of phenols is 1. The van der Waals surface area contributed by atoms with Gasteiger partial charge in [0.05, 0.1) is 29.8 Å². The number of halogens is 1. The Hall–Kier alpha value is -3.00. The van der Waals surface area contributed by atoms with E-state index in [0.29, 0.717) is 23.1 Å². The lowest BCUT2D eigenvalue weighted by molar-refractivity contribution is 0.107. The van der Waals surface area contributed by atoms with Crippen molar-refractivity contribution in [3.05, 3.63) is 42.9 Å². The topological polar surface area (TPSA) is 90.0 Å². The number of H-pyrrole nitrogens is 1. The number of alkyl halides is 1. The highest BCUT2D eigenvalue weighted by Gasteiger charge is 2.41. The third-order valence-electron chi connectivity index (χ3n) is 6.38. The Labute approximate surface area is 174 Å². The molecule has 1 unspecified atom stereocenters. The van der Waals surface area contributed by atoms with Crippen LogP contribution in [-0.2, 0) is 0 Å². The second-order valence-corrected chi connectivity index (χ2v) is 8.22. The van der Waals surface area contributed by atoms with Crippen molar-refractivity contribution in [2.75, 3.05) is 11.9 Å². The van der Waals surface area contributed by atoms with Gasteiger partial charge in [0.2, 0.25) is 0 Å². The monoisotopic (exact) mass is 408 g/mol. The van der Waals surface area contributed by atoms with Gasteiger partial charge in [0.1, 0.15) is 17.7 Å². The maximum atomic E-state index is 15.0. The number of fused-ring (bicyclic) bond motifs is 2. The van der Waals surface area contributed by atoms with E-state index in [4.69, 9.17) is 0 Å². The molecule has 4 atom stereocenters. The predicted octanol–water partition coefficient (Wildman–Crippen LogP) is 3.30. The summed E-state index contributed by atoms with van der Waals surface area (Å²) in [5.74, 6) is 0.757. The molecular formula is C22H25FN6O. The van der Waals surface area contributed by atoms with Crippen molar-refractivity contribution in [2.24, 2.45) is 0 Å². The van der Waals surface area contributed by atoms with E-state index in [1.807, 2.05) is 30.1 Å². The summed E-state index contributed by atoms with van der Waals surface area (Å²) in [4.78, 5) is 10.9. The van der Waals surface area contributed by atoms with E-state index in [2.05, 4.69) is 25.5 Å². The number of nitrogens with zero attached hydrogens (tertiary/aromatic N) is 4. The summed E-state index contributed by atoms with van der Waals surface area (Å²) in [6.45, 7) is 0. The fraction of sp³-hybridized carbons (Fsp3) is 0.409. The lowest BCUT2D eigenvalue weighted by atomic mass is 9.82. The highest BCUT2D eigenvalue weighted by Crippen LogP contribution is 2.34. The average molecular weight is 408 g/mol. The van der Waals surface area contributed by atoms with Gasteiger partial charge in [-0.05, 0) is 37.5 Å². The first-order valence-corrected chi connectivity index (χ1v) is 10.4. The zero-order chi connectivity index (χ0) is 20.7. The molecule has 0 spiro atoms. The number of aromatic amines is 1. The molecule has 3 N–H and O–H groups in total. The molecule has 3 aromatic rings. The Kier molecular flexibility index (Phi) is 4.86. The summed E-state index contributed by atoms with van der Waals surface area (Å²) in [6.07, 6.45) is 7.88. The Morgan fingerprint density at radius 3 is 2.80 bits per heavy atom. The molecule has 8 heteroatoms. The number of phenolic OH excluding ortho intramolecular Hbond substituents is 1. The van der Waals surface area contributed by atoms with Crippen molar-refractivity contribution in [3.8, 4) is 28.3 Å². The van der Waals surface area contributed by atoms with Crippen LogP contribution in [0.15, 0.2) is 42.9 Å². The van der Waals surface area contributed by atoms with Crippen LogP contribution in [0.5, 0.6) is 5.75 Å². The molecule has 0 aliphatic carbocycles. The molecule has 5 rings (SSSR count). The first kappa shape index (κ1) is 19.0. The van der Waals surface area contributed by atoms with Gasteiger partial charge in [-0.2, -0.15) is 5.10 Å². The van der Waals surface area contributed by atoms with Gasteiger partial charge in [-0.3, -0.25) is 10.1 Å². The number of hydrogen-bond donors (Lipinski definition) is 3. The lowest BCUT2D eigenvalue weighted by Crippen LogP contribution is -2.61. The van der Waals surface area contributed by atoms with E-state index in [9.17, 15) is 5.11 Å². The van der Waals surface area contributed by atoms with Gasteiger partial charge in [-0.15, -0.1) is 0 Å². The molecule has 2 fully saturated rings. The molecule has 2 saturated heterocycles. The second kappa shape index (κ2) is 7.68. The van der Waals surface area contributed by atoms with Crippen LogP contribution < -0.4 is 10.2 Å². The van der Waals surface area contributed by atoms with Crippen LogP contribution in [0, 0.1) is 0 Å². The number of rotatable bonds is 4.